The van der Waals surface area contributed by atoms with Crippen LogP contribution in [0.3, 0.4) is 0 Å². The summed E-state index contributed by atoms with van der Waals surface area (Å²) in [5.41, 5.74) is 0. The topological polar surface area (TPSA) is 228 Å². The molecule has 2 fully saturated rings. The van der Waals surface area contributed by atoms with Gasteiger partial charge in [0.05, 0.1) is 32.0 Å². The van der Waals surface area contributed by atoms with E-state index in [1.165, 1.54) is 0 Å². The number of hydrogen-bond acceptors (Lipinski definition) is 13. The number of aliphatic hydroxyl groups is 8. The lowest BCUT2D eigenvalue weighted by Crippen LogP contribution is -2.65. The average Bonchev–Trinajstić information content (AvgIpc) is 3.17. The zero-order valence-corrected chi connectivity index (χ0v) is 32.2. The minimum atomic E-state index is -1.78. The van der Waals surface area contributed by atoms with Crippen LogP contribution >= 0.6 is 0 Å². The molecule has 0 bridgehead atoms. The normalized spacial score (nSPS) is 30.6. The van der Waals surface area contributed by atoms with Gasteiger partial charge in [-0.15, -0.1) is 0 Å². The van der Waals surface area contributed by atoms with Crippen LogP contribution in [0.2, 0.25) is 0 Å². The molecule has 0 aromatic heterocycles. The molecule has 2 heterocycles. The van der Waals surface area contributed by atoms with E-state index in [4.69, 9.17) is 18.9 Å². The van der Waals surface area contributed by atoms with E-state index in [0.717, 1.165) is 70.6 Å². The lowest BCUT2D eigenvalue weighted by Gasteiger charge is -2.46. The number of nitrogens with one attached hydrogen (secondary N) is 1. The van der Waals surface area contributed by atoms with E-state index in [1.54, 1.807) is 0 Å². The van der Waals surface area contributed by atoms with Gasteiger partial charge in [0.2, 0.25) is 5.91 Å². The standard InChI is InChI=1S/C40H69NO13/c1-3-5-7-9-10-11-12-13-14-15-16-17-18-20-22-24-32(45)41-28(29(44)23-21-19-8-6-4-2)27-51-39-37(50)35(48)38(31(26-43)53-39)54-40-36(49)34(47)33(46)30(25-42)52-40/h5,7,10-11,13-14,16-17,28-31,33-40,42-44,46-50H,3-4,6,8-9,12,15,18-27H2,1-2H3,(H,41,45)/b7-5-,11-10-,14-13-,17-16-. The predicted molar refractivity (Wildman–Crippen MR) is 203 cm³/mol. The van der Waals surface area contributed by atoms with E-state index in [9.17, 15) is 45.6 Å². The molecule has 1 amide bonds. The highest BCUT2D eigenvalue weighted by atomic mass is 16.7. The molecule has 54 heavy (non-hydrogen) atoms. The Balaban J connectivity index is 1.89. The Bertz CT molecular complexity index is 1100. The molecule has 2 saturated heterocycles. The number of rotatable bonds is 27. The zero-order chi connectivity index (χ0) is 39.7. The molecule has 12 atom stereocenters. The number of amides is 1. The van der Waals surface area contributed by atoms with E-state index in [0.29, 0.717) is 12.8 Å². The fourth-order valence-electron chi connectivity index (χ4n) is 6.22. The predicted octanol–water partition coefficient (Wildman–Crippen LogP) is 2.20. The van der Waals surface area contributed by atoms with Crippen LogP contribution in [0, 0.1) is 0 Å². The third-order valence-corrected chi connectivity index (χ3v) is 9.56. The average molecular weight is 772 g/mol. The van der Waals surface area contributed by atoms with Crippen LogP contribution in [0.15, 0.2) is 48.6 Å². The number of ether oxygens (including phenoxy) is 4. The van der Waals surface area contributed by atoms with Crippen molar-refractivity contribution in [3.05, 3.63) is 48.6 Å². The van der Waals surface area contributed by atoms with Crippen molar-refractivity contribution < 1.29 is 64.6 Å². The first-order valence-electron chi connectivity index (χ1n) is 19.9. The van der Waals surface area contributed by atoms with Crippen molar-refractivity contribution in [3.8, 4) is 0 Å². The van der Waals surface area contributed by atoms with Crippen molar-refractivity contribution in [3.63, 3.8) is 0 Å². The highest BCUT2D eigenvalue weighted by molar-refractivity contribution is 5.76. The number of carbonyl (C=O) groups excluding carboxylic acids is 1. The van der Waals surface area contributed by atoms with Crippen molar-refractivity contribution in [1.82, 2.24) is 5.32 Å². The summed E-state index contributed by atoms with van der Waals surface area (Å²) >= 11 is 0. The molecule has 0 saturated carbocycles. The number of allylic oxidation sites excluding steroid dienone is 8. The van der Waals surface area contributed by atoms with Gasteiger partial charge >= 0.3 is 0 Å². The maximum absolute atomic E-state index is 13.0. The molecule has 2 aliphatic heterocycles. The Kier molecular flexibility index (Phi) is 25.3. The van der Waals surface area contributed by atoms with Gasteiger partial charge in [-0.25, -0.2) is 0 Å². The highest BCUT2D eigenvalue weighted by Crippen LogP contribution is 2.30. The summed E-state index contributed by atoms with van der Waals surface area (Å²) in [6.07, 6.45) is 11.9. The fourth-order valence-corrected chi connectivity index (χ4v) is 6.22. The van der Waals surface area contributed by atoms with E-state index >= 15 is 0 Å². The van der Waals surface area contributed by atoms with Crippen LogP contribution in [0.4, 0.5) is 0 Å². The van der Waals surface area contributed by atoms with Crippen molar-refractivity contribution >= 4 is 5.91 Å². The summed E-state index contributed by atoms with van der Waals surface area (Å²) in [4.78, 5) is 13.0. The lowest BCUT2D eigenvalue weighted by atomic mass is 9.97. The maximum atomic E-state index is 13.0. The minimum Gasteiger partial charge on any atom is -0.394 e. The summed E-state index contributed by atoms with van der Waals surface area (Å²) < 4.78 is 22.5. The Morgan fingerprint density at radius 3 is 1.91 bits per heavy atom. The van der Waals surface area contributed by atoms with E-state index in [-0.39, 0.29) is 18.9 Å². The molecular formula is C40H69NO13. The Hall–Kier alpha value is -2.05. The number of carbonyl (C=O) groups is 1. The van der Waals surface area contributed by atoms with Crippen molar-refractivity contribution in [2.24, 2.45) is 0 Å². The molecule has 14 heteroatoms. The molecule has 2 aliphatic rings. The first kappa shape index (κ1) is 48.1. The van der Waals surface area contributed by atoms with Gasteiger partial charge in [0.25, 0.3) is 0 Å². The van der Waals surface area contributed by atoms with Crippen molar-refractivity contribution in [2.45, 2.75) is 177 Å². The molecule has 312 valence electrons. The SMILES string of the molecule is CC/C=C\C/C=C\C/C=C\C/C=C\CCCCC(=O)NC(COC1OC(CO)C(OC2OC(CO)C(O)C(O)C2O)C(O)C1O)C(O)CCCCCCC. The second kappa shape index (κ2) is 28.4. The van der Waals surface area contributed by atoms with Crippen LogP contribution in [0.25, 0.3) is 0 Å². The van der Waals surface area contributed by atoms with Gasteiger partial charge in [0.1, 0.15) is 48.8 Å². The van der Waals surface area contributed by atoms with Crippen molar-refractivity contribution in [2.75, 3.05) is 19.8 Å². The first-order valence-corrected chi connectivity index (χ1v) is 19.9. The summed E-state index contributed by atoms with van der Waals surface area (Å²) in [6, 6.07) is -0.846. The van der Waals surface area contributed by atoms with Crippen LogP contribution < -0.4 is 5.32 Å². The molecule has 0 aliphatic carbocycles. The van der Waals surface area contributed by atoms with Gasteiger partial charge in [0.15, 0.2) is 12.6 Å². The Morgan fingerprint density at radius 2 is 1.28 bits per heavy atom. The van der Waals surface area contributed by atoms with Gasteiger partial charge in [-0.2, -0.15) is 0 Å². The summed E-state index contributed by atoms with van der Waals surface area (Å²) in [5, 5.41) is 85.9. The molecular weight excluding hydrogens is 702 g/mol. The number of unbranched alkanes of at least 4 members (excludes halogenated alkanes) is 6. The van der Waals surface area contributed by atoms with E-state index < -0.39 is 86.8 Å². The maximum Gasteiger partial charge on any atom is 0.220 e. The van der Waals surface area contributed by atoms with Crippen LogP contribution in [-0.2, 0) is 23.7 Å². The number of hydrogen-bond donors (Lipinski definition) is 9. The fraction of sp³-hybridized carbons (Fsp3) is 0.775. The highest BCUT2D eigenvalue weighted by Gasteiger charge is 2.50. The summed E-state index contributed by atoms with van der Waals surface area (Å²) in [7, 11) is 0. The minimum absolute atomic E-state index is 0.248. The molecule has 2 rings (SSSR count). The molecule has 12 unspecified atom stereocenters. The summed E-state index contributed by atoms with van der Waals surface area (Å²) in [6.45, 7) is 2.55. The third kappa shape index (κ3) is 17.4. The molecule has 0 spiro atoms. The van der Waals surface area contributed by atoms with Crippen LogP contribution in [0.1, 0.15) is 104 Å². The van der Waals surface area contributed by atoms with Crippen molar-refractivity contribution in [1.29, 1.82) is 0 Å². The molecule has 9 N–H and O–H groups in total. The van der Waals surface area contributed by atoms with E-state index in [2.05, 4.69) is 67.8 Å². The Labute approximate surface area is 321 Å². The van der Waals surface area contributed by atoms with Gasteiger partial charge in [-0.1, -0.05) is 94.6 Å². The Morgan fingerprint density at radius 1 is 0.685 bits per heavy atom. The van der Waals surface area contributed by atoms with Gasteiger partial charge < -0.3 is 65.1 Å². The molecule has 0 radical (unpaired) electrons. The second-order valence-electron chi connectivity index (χ2n) is 14.0. The largest absolute Gasteiger partial charge is 0.394 e. The van der Waals surface area contributed by atoms with Crippen LogP contribution in [0.5, 0.6) is 0 Å². The number of aliphatic hydroxyl groups excluding tert-OH is 8. The van der Waals surface area contributed by atoms with Gasteiger partial charge in [-0.3, -0.25) is 4.79 Å². The molecule has 0 aromatic carbocycles. The van der Waals surface area contributed by atoms with Crippen LogP contribution in [-0.4, -0.2) is 140 Å². The second-order valence-corrected chi connectivity index (χ2v) is 14.0. The molecule has 14 nitrogen and oxygen atoms in total. The smallest absolute Gasteiger partial charge is 0.220 e. The summed E-state index contributed by atoms with van der Waals surface area (Å²) in [5.74, 6) is -0.259. The monoisotopic (exact) mass is 771 g/mol. The third-order valence-electron chi connectivity index (χ3n) is 9.56. The van der Waals surface area contributed by atoms with Gasteiger partial charge in [0, 0.05) is 6.42 Å². The first-order chi connectivity index (χ1) is 26.1. The molecule has 0 aromatic rings. The van der Waals surface area contributed by atoms with E-state index in [1.807, 2.05) is 0 Å². The quantitative estimate of drug-likeness (QED) is 0.0432. The zero-order valence-electron chi connectivity index (χ0n) is 32.2. The lowest BCUT2D eigenvalue weighted by molar-refractivity contribution is -0.359. The van der Waals surface area contributed by atoms with Gasteiger partial charge in [-0.05, 0) is 51.4 Å².